The molecule has 134 valence electrons. The Morgan fingerprint density at radius 3 is 2.79 bits per heavy atom. The summed E-state index contributed by atoms with van der Waals surface area (Å²) in [5.41, 5.74) is 5.85. The van der Waals surface area contributed by atoms with Gasteiger partial charge in [-0.2, -0.15) is 0 Å². The minimum atomic E-state index is -0.279. The molecule has 1 aliphatic rings. The number of morpholine rings is 1. The molecule has 1 aromatic carbocycles. The fourth-order valence-electron chi connectivity index (χ4n) is 2.41. The number of nitrogens with one attached hydrogen (secondary N) is 1. The van der Waals surface area contributed by atoms with Crippen LogP contribution in [0.5, 0.6) is 5.75 Å². The molecule has 0 bridgehead atoms. The normalized spacial score (nSPS) is 17.5. The molecule has 0 saturated carbocycles. The Kier molecular flexibility index (Phi) is 7.77. The minimum absolute atomic E-state index is 0.135. The van der Waals surface area contributed by atoms with Crippen LogP contribution >= 0.6 is 0 Å². The monoisotopic (exact) mass is 338 g/mol. The molecule has 1 unspecified atom stereocenters. The van der Waals surface area contributed by atoms with Crippen molar-refractivity contribution in [1.29, 1.82) is 0 Å². The molecule has 0 aliphatic carbocycles. The molecule has 1 aliphatic heterocycles. The van der Waals surface area contributed by atoms with Crippen LogP contribution in [-0.4, -0.2) is 62.9 Å². The maximum Gasteiger partial charge on any atom is 0.188 e. The summed E-state index contributed by atoms with van der Waals surface area (Å²) in [7, 11) is 0. The Labute approximate surface area is 142 Å². The number of aliphatic imine (C=N–C) groups is 1. The lowest BCUT2D eigenvalue weighted by Gasteiger charge is -2.26. The summed E-state index contributed by atoms with van der Waals surface area (Å²) in [5.74, 6) is 0.765. The number of guanidine groups is 1. The first kappa shape index (κ1) is 18.5. The predicted molar refractivity (Wildman–Crippen MR) is 92.9 cm³/mol. The predicted octanol–water partition coefficient (Wildman–Crippen LogP) is 1.22. The Bertz CT molecular complexity index is 504. The third-order valence-corrected chi connectivity index (χ3v) is 3.73. The number of halogens is 1. The van der Waals surface area contributed by atoms with Crippen molar-refractivity contribution in [2.24, 2.45) is 10.7 Å². The first-order valence-corrected chi connectivity index (χ1v) is 8.39. The maximum absolute atomic E-state index is 12.8. The Morgan fingerprint density at radius 1 is 1.38 bits per heavy atom. The third kappa shape index (κ3) is 7.14. The quantitative estimate of drug-likeness (QED) is 0.424. The molecule has 24 heavy (non-hydrogen) atoms. The second-order valence-corrected chi connectivity index (χ2v) is 5.84. The molecule has 3 N–H and O–H groups in total. The first-order valence-electron chi connectivity index (χ1n) is 8.39. The van der Waals surface area contributed by atoms with E-state index in [9.17, 15) is 4.39 Å². The van der Waals surface area contributed by atoms with Crippen molar-refractivity contribution in [2.75, 3.05) is 45.9 Å². The summed E-state index contributed by atoms with van der Waals surface area (Å²) >= 11 is 0. The zero-order valence-electron chi connectivity index (χ0n) is 14.2. The van der Waals surface area contributed by atoms with Gasteiger partial charge in [0.05, 0.1) is 19.8 Å². The maximum atomic E-state index is 12.8. The van der Waals surface area contributed by atoms with E-state index in [1.165, 1.54) is 12.1 Å². The van der Waals surface area contributed by atoms with Crippen molar-refractivity contribution in [2.45, 2.75) is 19.4 Å². The molecular weight excluding hydrogens is 311 g/mol. The molecule has 0 aromatic heterocycles. The van der Waals surface area contributed by atoms with Crippen LogP contribution in [-0.2, 0) is 4.74 Å². The van der Waals surface area contributed by atoms with Gasteiger partial charge < -0.3 is 20.5 Å². The summed E-state index contributed by atoms with van der Waals surface area (Å²) in [4.78, 5) is 6.66. The summed E-state index contributed by atoms with van der Waals surface area (Å²) in [5, 5.41) is 3.11. The standard InChI is InChI=1S/C17H27FN4O2/c1-14(24-16-5-3-15(18)4-6-16)13-21-17(19)20-7-2-8-22-9-11-23-12-10-22/h3-6,14H,2,7-13H2,1H3,(H3,19,20,21). The number of rotatable bonds is 8. The molecule has 7 heteroatoms. The number of ether oxygens (including phenoxy) is 2. The van der Waals surface area contributed by atoms with E-state index >= 15 is 0 Å². The van der Waals surface area contributed by atoms with Crippen LogP contribution in [0.3, 0.4) is 0 Å². The van der Waals surface area contributed by atoms with E-state index in [-0.39, 0.29) is 11.9 Å². The Hall–Kier alpha value is -1.86. The van der Waals surface area contributed by atoms with Crippen LogP contribution in [0.15, 0.2) is 29.3 Å². The molecular formula is C17H27FN4O2. The lowest BCUT2D eigenvalue weighted by Crippen LogP contribution is -2.39. The number of nitrogens with two attached hydrogens (primary N) is 1. The van der Waals surface area contributed by atoms with E-state index < -0.39 is 0 Å². The SMILES string of the molecule is CC(CN=C(N)NCCCN1CCOCC1)Oc1ccc(F)cc1. The van der Waals surface area contributed by atoms with E-state index in [0.29, 0.717) is 18.3 Å². The van der Waals surface area contributed by atoms with Crippen molar-refractivity contribution in [3.05, 3.63) is 30.1 Å². The van der Waals surface area contributed by atoms with E-state index in [1.54, 1.807) is 12.1 Å². The third-order valence-electron chi connectivity index (χ3n) is 3.73. The first-order chi connectivity index (χ1) is 11.6. The summed E-state index contributed by atoms with van der Waals surface area (Å²) in [6.07, 6.45) is 0.877. The highest BCUT2D eigenvalue weighted by atomic mass is 19.1. The van der Waals surface area contributed by atoms with E-state index in [0.717, 1.165) is 45.8 Å². The van der Waals surface area contributed by atoms with Gasteiger partial charge in [0.1, 0.15) is 17.7 Å². The highest BCUT2D eigenvalue weighted by molar-refractivity contribution is 5.77. The zero-order valence-corrected chi connectivity index (χ0v) is 14.2. The van der Waals surface area contributed by atoms with Gasteiger partial charge in [-0.3, -0.25) is 4.90 Å². The number of nitrogens with zero attached hydrogens (tertiary/aromatic N) is 2. The van der Waals surface area contributed by atoms with Crippen molar-refractivity contribution in [1.82, 2.24) is 10.2 Å². The summed E-state index contributed by atoms with van der Waals surface area (Å²) in [6.45, 7) is 7.82. The molecule has 0 amide bonds. The molecule has 1 heterocycles. The molecule has 6 nitrogen and oxygen atoms in total. The second-order valence-electron chi connectivity index (χ2n) is 5.84. The van der Waals surface area contributed by atoms with Gasteiger partial charge >= 0.3 is 0 Å². The van der Waals surface area contributed by atoms with Crippen molar-refractivity contribution in [3.8, 4) is 5.75 Å². The smallest absolute Gasteiger partial charge is 0.188 e. The van der Waals surface area contributed by atoms with Gasteiger partial charge in [0.15, 0.2) is 5.96 Å². The van der Waals surface area contributed by atoms with Crippen molar-refractivity contribution in [3.63, 3.8) is 0 Å². The highest BCUT2D eigenvalue weighted by Crippen LogP contribution is 2.12. The number of hydrogen-bond acceptors (Lipinski definition) is 4. The number of hydrogen-bond donors (Lipinski definition) is 2. The molecule has 1 aromatic rings. The molecule has 2 rings (SSSR count). The number of benzene rings is 1. The molecule has 1 atom stereocenters. The summed E-state index contributed by atoms with van der Waals surface area (Å²) < 4.78 is 23.8. The average Bonchev–Trinajstić information content (AvgIpc) is 2.60. The lowest BCUT2D eigenvalue weighted by atomic mass is 10.3. The van der Waals surface area contributed by atoms with Crippen LogP contribution in [0.2, 0.25) is 0 Å². The molecule has 0 spiro atoms. The van der Waals surface area contributed by atoms with Gasteiger partial charge in [0.2, 0.25) is 0 Å². The highest BCUT2D eigenvalue weighted by Gasteiger charge is 2.09. The second kappa shape index (κ2) is 10.1. The average molecular weight is 338 g/mol. The van der Waals surface area contributed by atoms with Crippen LogP contribution in [0.4, 0.5) is 4.39 Å². The Balaban J connectivity index is 1.59. The van der Waals surface area contributed by atoms with Gasteiger partial charge in [-0.25, -0.2) is 9.38 Å². The van der Waals surface area contributed by atoms with Crippen LogP contribution in [0.25, 0.3) is 0 Å². The summed E-state index contributed by atoms with van der Waals surface area (Å²) in [6, 6.07) is 5.94. The van der Waals surface area contributed by atoms with E-state index in [1.807, 2.05) is 6.92 Å². The minimum Gasteiger partial charge on any atom is -0.489 e. The van der Waals surface area contributed by atoms with Crippen LogP contribution in [0.1, 0.15) is 13.3 Å². The van der Waals surface area contributed by atoms with Gasteiger partial charge in [-0.15, -0.1) is 0 Å². The van der Waals surface area contributed by atoms with Crippen molar-refractivity contribution >= 4 is 5.96 Å². The van der Waals surface area contributed by atoms with Crippen molar-refractivity contribution < 1.29 is 13.9 Å². The van der Waals surface area contributed by atoms with Gasteiger partial charge in [-0.1, -0.05) is 0 Å². The topological polar surface area (TPSA) is 72.1 Å². The fourth-order valence-corrected chi connectivity index (χ4v) is 2.41. The van der Waals surface area contributed by atoms with Crippen LogP contribution < -0.4 is 15.8 Å². The fraction of sp³-hybridized carbons (Fsp3) is 0.588. The van der Waals surface area contributed by atoms with Gasteiger partial charge in [0, 0.05) is 19.6 Å². The Morgan fingerprint density at radius 2 is 2.08 bits per heavy atom. The largest absolute Gasteiger partial charge is 0.489 e. The van der Waals surface area contributed by atoms with E-state index in [2.05, 4.69) is 15.2 Å². The van der Waals surface area contributed by atoms with Crippen LogP contribution in [0, 0.1) is 5.82 Å². The lowest BCUT2D eigenvalue weighted by molar-refractivity contribution is 0.0376. The molecule has 1 saturated heterocycles. The molecule has 1 fully saturated rings. The zero-order chi connectivity index (χ0) is 17.2. The van der Waals surface area contributed by atoms with E-state index in [4.69, 9.17) is 15.2 Å². The molecule has 0 radical (unpaired) electrons. The van der Waals surface area contributed by atoms with Gasteiger partial charge in [0.25, 0.3) is 0 Å². The van der Waals surface area contributed by atoms with Gasteiger partial charge in [-0.05, 0) is 44.2 Å².